The molecular weight excluding hydrogens is 146 g/mol. The number of hydrogen-bond acceptors (Lipinski definition) is 0. The molecule has 0 radical (unpaired) electrons. The quantitative estimate of drug-likeness (QED) is 0.487. The molecule has 0 aromatic carbocycles. The van der Waals surface area contributed by atoms with Crippen LogP contribution in [0.15, 0.2) is 0 Å². The molecule has 0 bridgehead atoms. The van der Waals surface area contributed by atoms with Crippen LogP contribution >= 0.6 is 0 Å². The lowest BCUT2D eigenvalue weighted by Crippen LogP contribution is -2.49. The predicted octanol–water partition coefficient (Wildman–Crippen LogP) is 2.27. The first-order valence-electron chi connectivity index (χ1n) is 5.57. The second-order valence-electron chi connectivity index (χ2n) is 5.17. The number of piperidine rings is 1. The Morgan fingerprint density at radius 2 is 1.33 bits per heavy atom. The van der Waals surface area contributed by atoms with E-state index in [-0.39, 0.29) is 0 Å². The van der Waals surface area contributed by atoms with Crippen molar-refractivity contribution in [1.82, 2.24) is 0 Å². The zero-order valence-electron chi connectivity index (χ0n) is 8.55. The van der Waals surface area contributed by atoms with Crippen LogP contribution in [0, 0.1) is 11.8 Å². The molecule has 0 amide bonds. The van der Waals surface area contributed by atoms with Gasteiger partial charge < -0.3 is 4.48 Å². The Hall–Kier alpha value is -0.0400. The van der Waals surface area contributed by atoms with Crippen LogP contribution in [0.2, 0.25) is 0 Å². The Labute approximate surface area is 76.3 Å². The van der Waals surface area contributed by atoms with E-state index in [4.69, 9.17) is 0 Å². The molecule has 1 heteroatoms. The molecule has 0 N–H and O–H groups in total. The van der Waals surface area contributed by atoms with E-state index < -0.39 is 0 Å². The van der Waals surface area contributed by atoms with Crippen molar-refractivity contribution in [1.29, 1.82) is 0 Å². The van der Waals surface area contributed by atoms with Crippen LogP contribution in [0.3, 0.4) is 0 Å². The van der Waals surface area contributed by atoms with Crippen molar-refractivity contribution in [2.24, 2.45) is 11.8 Å². The highest BCUT2D eigenvalue weighted by molar-refractivity contribution is 4.71. The zero-order chi connectivity index (χ0) is 8.60. The lowest BCUT2D eigenvalue weighted by molar-refractivity contribution is -0.923. The molecule has 2 aliphatic rings. The first-order valence-corrected chi connectivity index (χ1v) is 5.57. The molecular formula is C11H22N+. The lowest BCUT2D eigenvalue weighted by atomic mass is 10.0. The minimum Gasteiger partial charge on any atom is -0.323 e. The molecule has 2 rings (SSSR count). The Bertz CT molecular complexity index is 146. The van der Waals surface area contributed by atoms with Crippen molar-refractivity contribution in [2.75, 3.05) is 26.2 Å². The van der Waals surface area contributed by atoms with Gasteiger partial charge in [0.15, 0.2) is 0 Å². The van der Waals surface area contributed by atoms with Crippen molar-refractivity contribution in [3.05, 3.63) is 0 Å². The summed E-state index contributed by atoms with van der Waals surface area (Å²) in [7, 11) is 0. The first kappa shape index (κ1) is 8.55. The summed E-state index contributed by atoms with van der Waals surface area (Å²) in [5.41, 5.74) is 0. The van der Waals surface area contributed by atoms with E-state index in [0.717, 1.165) is 11.8 Å². The van der Waals surface area contributed by atoms with Gasteiger partial charge in [0, 0.05) is 11.8 Å². The van der Waals surface area contributed by atoms with E-state index >= 15 is 0 Å². The second kappa shape index (κ2) is 3.02. The zero-order valence-corrected chi connectivity index (χ0v) is 8.55. The molecule has 0 saturated carbocycles. The second-order valence-corrected chi connectivity index (χ2v) is 5.17. The minimum atomic E-state index is 0.975. The molecule has 1 spiro atoms. The van der Waals surface area contributed by atoms with E-state index in [9.17, 15) is 0 Å². The summed E-state index contributed by atoms with van der Waals surface area (Å²) in [6.45, 7) is 10.8. The molecule has 0 aromatic heterocycles. The molecule has 2 heterocycles. The van der Waals surface area contributed by atoms with E-state index in [1.54, 1.807) is 0 Å². The molecule has 2 aliphatic heterocycles. The standard InChI is InChI=1S/C11H22N/c1-10-8-12(9-11(10)2)6-4-3-5-7-12/h10-11H,3-9H2,1-2H3/q+1. The van der Waals surface area contributed by atoms with Gasteiger partial charge in [0.2, 0.25) is 0 Å². The predicted molar refractivity (Wildman–Crippen MR) is 51.9 cm³/mol. The van der Waals surface area contributed by atoms with Crippen molar-refractivity contribution < 1.29 is 4.48 Å². The highest BCUT2D eigenvalue weighted by Crippen LogP contribution is 2.32. The molecule has 0 aromatic rings. The Balaban J connectivity index is 2.02. The SMILES string of the molecule is CC1C[N+]2(CCCCC2)CC1C. The van der Waals surface area contributed by atoms with Crippen molar-refractivity contribution in [3.8, 4) is 0 Å². The smallest absolute Gasteiger partial charge is 0.0817 e. The maximum Gasteiger partial charge on any atom is 0.0817 e. The van der Waals surface area contributed by atoms with Gasteiger partial charge in [0.25, 0.3) is 0 Å². The molecule has 2 atom stereocenters. The summed E-state index contributed by atoms with van der Waals surface area (Å²) in [4.78, 5) is 0. The Morgan fingerprint density at radius 1 is 0.833 bits per heavy atom. The van der Waals surface area contributed by atoms with Gasteiger partial charge >= 0.3 is 0 Å². The summed E-state index contributed by atoms with van der Waals surface area (Å²) in [6.07, 6.45) is 4.46. The van der Waals surface area contributed by atoms with Crippen LogP contribution in [0.4, 0.5) is 0 Å². The van der Waals surface area contributed by atoms with Gasteiger partial charge in [-0.15, -0.1) is 0 Å². The van der Waals surface area contributed by atoms with Gasteiger partial charge in [-0.1, -0.05) is 13.8 Å². The fourth-order valence-electron chi connectivity index (χ4n) is 3.20. The monoisotopic (exact) mass is 168 g/mol. The molecule has 1 nitrogen and oxygen atoms in total. The largest absolute Gasteiger partial charge is 0.323 e. The summed E-state index contributed by atoms with van der Waals surface area (Å²) >= 11 is 0. The molecule has 2 saturated heterocycles. The number of nitrogens with zero attached hydrogens (tertiary/aromatic N) is 1. The minimum absolute atomic E-state index is 0.975. The topological polar surface area (TPSA) is 0 Å². The van der Waals surface area contributed by atoms with Gasteiger partial charge in [-0.05, 0) is 19.3 Å². The van der Waals surface area contributed by atoms with Gasteiger partial charge in [-0.3, -0.25) is 0 Å². The van der Waals surface area contributed by atoms with E-state index in [1.165, 1.54) is 49.9 Å². The summed E-state index contributed by atoms with van der Waals surface area (Å²) in [5.74, 6) is 1.95. The summed E-state index contributed by atoms with van der Waals surface area (Å²) in [6, 6.07) is 0. The van der Waals surface area contributed by atoms with Crippen LogP contribution in [0.5, 0.6) is 0 Å². The van der Waals surface area contributed by atoms with Crippen molar-refractivity contribution >= 4 is 0 Å². The first-order chi connectivity index (χ1) is 5.72. The van der Waals surface area contributed by atoms with Crippen LogP contribution in [0.1, 0.15) is 33.1 Å². The molecule has 12 heavy (non-hydrogen) atoms. The van der Waals surface area contributed by atoms with Crippen LogP contribution in [-0.2, 0) is 0 Å². The summed E-state index contributed by atoms with van der Waals surface area (Å²) in [5, 5.41) is 0. The lowest BCUT2D eigenvalue weighted by Gasteiger charge is -2.38. The van der Waals surface area contributed by atoms with Crippen molar-refractivity contribution in [2.45, 2.75) is 33.1 Å². The average molecular weight is 168 g/mol. The van der Waals surface area contributed by atoms with Gasteiger partial charge in [0.1, 0.15) is 0 Å². The van der Waals surface area contributed by atoms with Crippen LogP contribution < -0.4 is 0 Å². The van der Waals surface area contributed by atoms with E-state index in [0.29, 0.717) is 0 Å². The highest BCUT2D eigenvalue weighted by Gasteiger charge is 2.41. The molecule has 70 valence electrons. The molecule has 2 fully saturated rings. The molecule has 2 unspecified atom stereocenters. The Morgan fingerprint density at radius 3 is 1.83 bits per heavy atom. The van der Waals surface area contributed by atoms with Crippen LogP contribution in [0.25, 0.3) is 0 Å². The summed E-state index contributed by atoms with van der Waals surface area (Å²) < 4.78 is 1.47. The van der Waals surface area contributed by atoms with Gasteiger partial charge in [-0.25, -0.2) is 0 Å². The fraction of sp³-hybridized carbons (Fsp3) is 1.00. The number of rotatable bonds is 0. The average Bonchev–Trinajstić information content (AvgIpc) is 2.29. The Kier molecular flexibility index (Phi) is 2.16. The molecule has 0 aliphatic carbocycles. The third-order valence-corrected chi connectivity index (χ3v) is 4.09. The maximum absolute atomic E-state index is 2.44. The van der Waals surface area contributed by atoms with Crippen LogP contribution in [-0.4, -0.2) is 30.7 Å². The van der Waals surface area contributed by atoms with Gasteiger partial charge in [0.05, 0.1) is 26.2 Å². The fourth-order valence-corrected chi connectivity index (χ4v) is 3.20. The third kappa shape index (κ3) is 1.39. The van der Waals surface area contributed by atoms with E-state index in [1.807, 2.05) is 0 Å². The number of quaternary nitrogens is 1. The van der Waals surface area contributed by atoms with Crippen molar-refractivity contribution in [3.63, 3.8) is 0 Å². The van der Waals surface area contributed by atoms with Gasteiger partial charge in [-0.2, -0.15) is 0 Å². The third-order valence-electron chi connectivity index (χ3n) is 4.09. The highest BCUT2D eigenvalue weighted by atomic mass is 15.4. The normalized spacial score (nSPS) is 40.5. The van der Waals surface area contributed by atoms with E-state index in [2.05, 4.69) is 13.8 Å². The maximum atomic E-state index is 2.44. The number of hydrogen-bond donors (Lipinski definition) is 0.